The zero-order chi connectivity index (χ0) is 20.8. The summed E-state index contributed by atoms with van der Waals surface area (Å²) in [6.07, 6.45) is 2.02. The van der Waals surface area contributed by atoms with Gasteiger partial charge in [-0.2, -0.15) is 0 Å². The Morgan fingerprint density at radius 1 is 1.10 bits per heavy atom. The Hall–Kier alpha value is -2.82. The maximum absolute atomic E-state index is 12.9. The van der Waals surface area contributed by atoms with E-state index in [1.165, 1.54) is 12.5 Å². The van der Waals surface area contributed by atoms with Gasteiger partial charge in [0.2, 0.25) is 11.8 Å². The molecule has 2 aromatic carbocycles. The summed E-state index contributed by atoms with van der Waals surface area (Å²) < 4.78 is 6.20. The molecule has 1 aliphatic heterocycles. The first kappa shape index (κ1) is 20.9. The Morgan fingerprint density at radius 3 is 2.45 bits per heavy atom. The number of piperidine rings is 1. The molecule has 1 N–H and O–H groups in total. The molecule has 0 saturated carbocycles. The maximum Gasteiger partial charge on any atom is 0.224 e. The molecule has 1 unspecified atom stereocenters. The molecule has 0 radical (unpaired) electrons. The average molecular weight is 395 g/mol. The lowest BCUT2D eigenvalue weighted by Crippen LogP contribution is -2.43. The van der Waals surface area contributed by atoms with Crippen LogP contribution in [-0.4, -0.2) is 35.9 Å². The third-order valence-corrected chi connectivity index (χ3v) is 5.39. The fourth-order valence-corrected chi connectivity index (χ4v) is 3.72. The van der Waals surface area contributed by atoms with Crippen LogP contribution in [0.15, 0.2) is 48.5 Å². The van der Waals surface area contributed by atoms with Crippen molar-refractivity contribution in [1.82, 2.24) is 10.2 Å². The predicted molar refractivity (Wildman–Crippen MR) is 114 cm³/mol. The van der Waals surface area contributed by atoms with Crippen molar-refractivity contribution in [2.75, 3.05) is 13.1 Å². The molecule has 1 atom stereocenters. The van der Waals surface area contributed by atoms with Crippen molar-refractivity contribution in [3.63, 3.8) is 0 Å². The molecule has 1 fully saturated rings. The van der Waals surface area contributed by atoms with E-state index < -0.39 is 0 Å². The van der Waals surface area contributed by atoms with E-state index in [0.29, 0.717) is 13.1 Å². The van der Waals surface area contributed by atoms with Crippen molar-refractivity contribution in [2.24, 2.45) is 0 Å². The predicted octanol–water partition coefficient (Wildman–Crippen LogP) is 3.94. The van der Waals surface area contributed by atoms with Crippen molar-refractivity contribution in [1.29, 1.82) is 0 Å². The number of rotatable bonds is 6. The molecular formula is C24H30N2O3. The molecule has 29 heavy (non-hydrogen) atoms. The number of hydrogen-bond acceptors (Lipinski definition) is 3. The summed E-state index contributed by atoms with van der Waals surface area (Å²) in [5.74, 6) is 0.870. The number of aryl methyl sites for hydroxylation is 2. The van der Waals surface area contributed by atoms with Gasteiger partial charge in [0.15, 0.2) is 0 Å². The molecule has 2 amide bonds. The molecule has 3 rings (SSSR count). The Labute approximate surface area is 173 Å². The van der Waals surface area contributed by atoms with Gasteiger partial charge in [-0.05, 0) is 36.6 Å². The quantitative estimate of drug-likeness (QED) is 0.807. The lowest BCUT2D eigenvalue weighted by atomic mass is 10.0. The van der Waals surface area contributed by atoms with Gasteiger partial charge < -0.3 is 15.0 Å². The SMILES string of the molecule is CC(=O)NC(CC(=O)N1CCC(Oc2cc(C)ccc2C)CC1)c1ccccc1. The van der Waals surface area contributed by atoms with Crippen molar-refractivity contribution in [2.45, 2.75) is 52.2 Å². The lowest BCUT2D eigenvalue weighted by Gasteiger charge is -2.33. The number of ether oxygens (including phenoxy) is 1. The van der Waals surface area contributed by atoms with Crippen LogP contribution in [0.4, 0.5) is 0 Å². The Balaban J connectivity index is 1.56. The number of likely N-dealkylation sites (tertiary alicyclic amines) is 1. The van der Waals surface area contributed by atoms with E-state index in [1.54, 1.807) is 0 Å². The van der Waals surface area contributed by atoms with Gasteiger partial charge >= 0.3 is 0 Å². The average Bonchev–Trinajstić information content (AvgIpc) is 2.71. The second kappa shape index (κ2) is 9.59. The number of benzene rings is 2. The molecular weight excluding hydrogens is 364 g/mol. The van der Waals surface area contributed by atoms with Gasteiger partial charge in [0.05, 0.1) is 12.5 Å². The topological polar surface area (TPSA) is 58.6 Å². The Kier molecular flexibility index (Phi) is 6.91. The van der Waals surface area contributed by atoms with E-state index in [2.05, 4.69) is 37.4 Å². The highest BCUT2D eigenvalue weighted by molar-refractivity contribution is 5.79. The summed E-state index contributed by atoms with van der Waals surface area (Å²) in [6, 6.07) is 15.6. The second-order valence-electron chi connectivity index (χ2n) is 7.83. The molecule has 2 aromatic rings. The van der Waals surface area contributed by atoms with Crippen LogP contribution in [0.3, 0.4) is 0 Å². The van der Waals surface area contributed by atoms with Gasteiger partial charge in [-0.3, -0.25) is 9.59 Å². The first-order valence-corrected chi connectivity index (χ1v) is 10.3. The first-order chi connectivity index (χ1) is 13.9. The van der Waals surface area contributed by atoms with E-state index in [1.807, 2.05) is 35.2 Å². The van der Waals surface area contributed by atoms with Crippen LogP contribution in [0.5, 0.6) is 5.75 Å². The summed E-state index contributed by atoms with van der Waals surface area (Å²) in [5.41, 5.74) is 3.27. The van der Waals surface area contributed by atoms with E-state index in [9.17, 15) is 9.59 Å². The first-order valence-electron chi connectivity index (χ1n) is 10.3. The van der Waals surface area contributed by atoms with Crippen molar-refractivity contribution in [3.8, 4) is 5.75 Å². The second-order valence-corrected chi connectivity index (χ2v) is 7.83. The molecule has 154 valence electrons. The zero-order valence-electron chi connectivity index (χ0n) is 17.5. The van der Waals surface area contributed by atoms with Gasteiger partial charge in [0, 0.05) is 32.9 Å². The minimum absolute atomic E-state index is 0.0674. The summed E-state index contributed by atoms with van der Waals surface area (Å²) >= 11 is 0. The Bertz CT molecular complexity index is 842. The molecule has 0 bridgehead atoms. The van der Waals surface area contributed by atoms with Gasteiger partial charge in [-0.1, -0.05) is 42.5 Å². The molecule has 5 heteroatoms. The van der Waals surface area contributed by atoms with Crippen LogP contribution in [-0.2, 0) is 9.59 Å². The number of amides is 2. The number of carbonyl (C=O) groups excluding carboxylic acids is 2. The summed E-state index contributed by atoms with van der Waals surface area (Å²) in [5, 5.41) is 2.91. The fraction of sp³-hybridized carbons (Fsp3) is 0.417. The molecule has 1 saturated heterocycles. The van der Waals surface area contributed by atoms with Gasteiger partial charge in [0.1, 0.15) is 11.9 Å². The number of carbonyl (C=O) groups is 2. The molecule has 0 aromatic heterocycles. The highest BCUT2D eigenvalue weighted by atomic mass is 16.5. The third-order valence-electron chi connectivity index (χ3n) is 5.39. The summed E-state index contributed by atoms with van der Waals surface area (Å²) in [7, 11) is 0. The molecule has 0 spiro atoms. The summed E-state index contributed by atoms with van der Waals surface area (Å²) in [4.78, 5) is 26.4. The highest BCUT2D eigenvalue weighted by Crippen LogP contribution is 2.25. The van der Waals surface area contributed by atoms with Crippen LogP contribution in [0.25, 0.3) is 0 Å². The Morgan fingerprint density at radius 2 is 1.79 bits per heavy atom. The molecule has 1 aliphatic rings. The molecule has 0 aliphatic carbocycles. The third kappa shape index (κ3) is 5.83. The number of hydrogen-bond donors (Lipinski definition) is 1. The fourth-order valence-electron chi connectivity index (χ4n) is 3.72. The van der Waals surface area contributed by atoms with Crippen LogP contribution >= 0.6 is 0 Å². The normalized spacial score (nSPS) is 15.6. The van der Waals surface area contributed by atoms with Crippen LogP contribution in [0.2, 0.25) is 0 Å². The van der Waals surface area contributed by atoms with Crippen LogP contribution < -0.4 is 10.1 Å². The van der Waals surface area contributed by atoms with Crippen LogP contribution in [0, 0.1) is 13.8 Å². The van der Waals surface area contributed by atoms with Crippen molar-refractivity contribution in [3.05, 3.63) is 65.2 Å². The smallest absolute Gasteiger partial charge is 0.224 e. The zero-order valence-corrected chi connectivity index (χ0v) is 17.5. The van der Waals surface area contributed by atoms with Gasteiger partial charge in [-0.15, -0.1) is 0 Å². The lowest BCUT2D eigenvalue weighted by molar-refractivity contribution is -0.133. The molecule has 1 heterocycles. The molecule has 5 nitrogen and oxygen atoms in total. The minimum atomic E-state index is -0.301. The number of nitrogens with zero attached hydrogens (tertiary/aromatic N) is 1. The van der Waals surface area contributed by atoms with E-state index in [-0.39, 0.29) is 30.4 Å². The van der Waals surface area contributed by atoms with Crippen molar-refractivity contribution >= 4 is 11.8 Å². The van der Waals surface area contributed by atoms with E-state index >= 15 is 0 Å². The largest absolute Gasteiger partial charge is 0.490 e. The van der Waals surface area contributed by atoms with Crippen LogP contribution in [0.1, 0.15) is 48.9 Å². The maximum atomic E-state index is 12.9. The van der Waals surface area contributed by atoms with Gasteiger partial charge in [-0.25, -0.2) is 0 Å². The van der Waals surface area contributed by atoms with E-state index in [4.69, 9.17) is 4.74 Å². The monoisotopic (exact) mass is 394 g/mol. The highest BCUT2D eigenvalue weighted by Gasteiger charge is 2.26. The van der Waals surface area contributed by atoms with Gasteiger partial charge in [0.25, 0.3) is 0 Å². The summed E-state index contributed by atoms with van der Waals surface area (Å²) in [6.45, 7) is 6.95. The minimum Gasteiger partial charge on any atom is -0.490 e. The van der Waals surface area contributed by atoms with E-state index in [0.717, 1.165) is 29.7 Å². The number of nitrogens with one attached hydrogen (secondary N) is 1. The van der Waals surface area contributed by atoms with Crippen molar-refractivity contribution < 1.29 is 14.3 Å². The standard InChI is InChI=1S/C24H30N2O3/c1-17-9-10-18(2)23(15-17)29-21-11-13-26(14-12-21)24(28)16-22(25-19(3)27)20-7-5-4-6-8-20/h4-10,15,21-22H,11-14,16H2,1-3H3,(H,25,27).